The van der Waals surface area contributed by atoms with E-state index >= 15 is 0 Å². The third-order valence-corrected chi connectivity index (χ3v) is 3.22. The van der Waals surface area contributed by atoms with E-state index in [0.717, 1.165) is 31.6 Å². The van der Waals surface area contributed by atoms with Gasteiger partial charge in [-0.15, -0.1) is 0 Å². The van der Waals surface area contributed by atoms with Crippen molar-refractivity contribution in [2.75, 3.05) is 30.8 Å². The minimum atomic E-state index is 0.144. The first-order valence-electron chi connectivity index (χ1n) is 5.88. The van der Waals surface area contributed by atoms with Crippen LogP contribution in [0.3, 0.4) is 0 Å². The van der Waals surface area contributed by atoms with Gasteiger partial charge in [0.2, 0.25) is 5.91 Å². The van der Waals surface area contributed by atoms with E-state index in [4.69, 9.17) is 5.73 Å². The number of hydrogen-bond donors (Lipinski definition) is 2. The van der Waals surface area contributed by atoms with Crippen molar-refractivity contribution in [3.05, 3.63) is 18.5 Å². The molecule has 1 aromatic rings. The Morgan fingerprint density at radius 1 is 1.47 bits per heavy atom. The number of pyridine rings is 1. The molecule has 0 radical (unpaired) electrons. The standard InChI is InChI=1S/C12H18N4O/c1-14-12(17)9-2-4-16(5-3-9)11-6-10(13)7-15-8-11/h6-9H,2-5,13H2,1H3,(H,14,17). The van der Waals surface area contributed by atoms with Crippen molar-refractivity contribution in [3.8, 4) is 0 Å². The molecule has 1 amide bonds. The van der Waals surface area contributed by atoms with Crippen LogP contribution in [0.25, 0.3) is 0 Å². The summed E-state index contributed by atoms with van der Waals surface area (Å²) in [6.07, 6.45) is 5.22. The predicted molar refractivity (Wildman–Crippen MR) is 67.7 cm³/mol. The van der Waals surface area contributed by atoms with Crippen LogP contribution in [0.2, 0.25) is 0 Å². The molecule has 1 aromatic heterocycles. The molecule has 0 unspecified atom stereocenters. The fourth-order valence-corrected chi connectivity index (χ4v) is 2.22. The lowest BCUT2D eigenvalue weighted by Gasteiger charge is -2.32. The van der Waals surface area contributed by atoms with E-state index in [2.05, 4.69) is 15.2 Å². The third kappa shape index (κ3) is 2.67. The minimum absolute atomic E-state index is 0.144. The normalized spacial score (nSPS) is 16.9. The van der Waals surface area contributed by atoms with E-state index in [1.165, 1.54) is 0 Å². The number of nitrogen functional groups attached to an aromatic ring is 1. The molecule has 1 fully saturated rings. The van der Waals surface area contributed by atoms with Gasteiger partial charge in [-0.2, -0.15) is 0 Å². The predicted octanol–water partition coefficient (Wildman–Crippen LogP) is 0.626. The average molecular weight is 234 g/mol. The molecule has 3 N–H and O–H groups in total. The van der Waals surface area contributed by atoms with Crippen molar-refractivity contribution >= 4 is 17.3 Å². The Kier molecular flexibility index (Phi) is 3.46. The zero-order valence-electron chi connectivity index (χ0n) is 10.0. The maximum absolute atomic E-state index is 11.5. The van der Waals surface area contributed by atoms with Crippen LogP contribution in [0.15, 0.2) is 18.5 Å². The number of carbonyl (C=O) groups excluding carboxylic acids is 1. The highest BCUT2D eigenvalue weighted by molar-refractivity contribution is 5.78. The Balaban J connectivity index is 1.97. The molecule has 1 aliphatic heterocycles. The molecule has 0 bridgehead atoms. The van der Waals surface area contributed by atoms with Gasteiger partial charge in [0.05, 0.1) is 17.6 Å². The van der Waals surface area contributed by atoms with E-state index in [0.29, 0.717) is 5.69 Å². The molecule has 1 saturated heterocycles. The van der Waals surface area contributed by atoms with E-state index in [1.54, 1.807) is 13.2 Å². The molecule has 5 nitrogen and oxygen atoms in total. The molecular formula is C12H18N4O. The zero-order valence-corrected chi connectivity index (χ0v) is 10.0. The molecule has 1 aliphatic rings. The van der Waals surface area contributed by atoms with Crippen molar-refractivity contribution in [1.82, 2.24) is 10.3 Å². The van der Waals surface area contributed by atoms with Crippen LogP contribution in [0.4, 0.5) is 11.4 Å². The summed E-state index contributed by atoms with van der Waals surface area (Å²) in [5, 5.41) is 2.71. The zero-order chi connectivity index (χ0) is 12.3. The van der Waals surface area contributed by atoms with E-state index in [1.807, 2.05) is 12.3 Å². The van der Waals surface area contributed by atoms with Crippen LogP contribution in [0.1, 0.15) is 12.8 Å². The number of amides is 1. The van der Waals surface area contributed by atoms with Crippen molar-refractivity contribution in [2.24, 2.45) is 5.92 Å². The van der Waals surface area contributed by atoms with Gasteiger partial charge in [-0.25, -0.2) is 0 Å². The number of aromatic nitrogens is 1. The molecule has 0 atom stereocenters. The molecule has 5 heteroatoms. The minimum Gasteiger partial charge on any atom is -0.397 e. The highest BCUT2D eigenvalue weighted by Gasteiger charge is 2.24. The first-order valence-corrected chi connectivity index (χ1v) is 5.88. The Morgan fingerprint density at radius 3 is 2.76 bits per heavy atom. The van der Waals surface area contributed by atoms with Gasteiger partial charge >= 0.3 is 0 Å². The van der Waals surface area contributed by atoms with Crippen LogP contribution >= 0.6 is 0 Å². The topological polar surface area (TPSA) is 71.2 Å². The lowest BCUT2D eigenvalue weighted by molar-refractivity contribution is -0.125. The summed E-state index contributed by atoms with van der Waals surface area (Å²) in [6, 6.07) is 1.92. The van der Waals surface area contributed by atoms with Gasteiger partial charge in [-0.3, -0.25) is 9.78 Å². The Labute approximate surface area is 101 Å². The molecule has 0 spiro atoms. The number of nitrogens with zero attached hydrogens (tertiary/aromatic N) is 2. The lowest BCUT2D eigenvalue weighted by Crippen LogP contribution is -2.39. The van der Waals surface area contributed by atoms with Crippen molar-refractivity contribution in [2.45, 2.75) is 12.8 Å². The Bertz CT molecular complexity index is 399. The van der Waals surface area contributed by atoms with Gasteiger partial charge in [0, 0.05) is 32.3 Å². The summed E-state index contributed by atoms with van der Waals surface area (Å²) >= 11 is 0. The summed E-state index contributed by atoms with van der Waals surface area (Å²) in [7, 11) is 1.69. The van der Waals surface area contributed by atoms with Gasteiger partial charge in [-0.05, 0) is 18.9 Å². The van der Waals surface area contributed by atoms with Crippen molar-refractivity contribution < 1.29 is 4.79 Å². The maximum atomic E-state index is 11.5. The third-order valence-electron chi connectivity index (χ3n) is 3.22. The molecule has 2 heterocycles. The summed E-state index contributed by atoms with van der Waals surface area (Å²) in [5.74, 6) is 0.292. The van der Waals surface area contributed by atoms with Crippen LogP contribution in [-0.4, -0.2) is 31.0 Å². The van der Waals surface area contributed by atoms with Gasteiger partial charge in [0.15, 0.2) is 0 Å². The quantitative estimate of drug-likeness (QED) is 0.787. The summed E-state index contributed by atoms with van der Waals surface area (Å²) in [5.41, 5.74) is 7.43. The molecule has 92 valence electrons. The number of nitrogens with two attached hydrogens (primary N) is 1. The molecule has 17 heavy (non-hydrogen) atoms. The smallest absolute Gasteiger partial charge is 0.222 e. The Hall–Kier alpha value is -1.78. The number of piperidine rings is 1. The number of anilines is 2. The molecule has 0 saturated carbocycles. The molecule has 0 aliphatic carbocycles. The number of rotatable bonds is 2. The largest absolute Gasteiger partial charge is 0.397 e. The van der Waals surface area contributed by atoms with E-state index in [-0.39, 0.29) is 11.8 Å². The molecule has 0 aromatic carbocycles. The van der Waals surface area contributed by atoms with Crippen molar-refractivity contribution in [1.29, 1.82) is 0 Å². The first kappa shape index (κ1) is 11.7. The maximum Gasteiger partial charge on any atom is 0.222 e. The number of hydrogen-bond acceptors (Lipinski definition) is 4. The average Bonchev–Trinajstić information content (AvgIpc) is 2.38. The lowest BCUT2D eigenvalue weighted by atomic mass is 9.96. The SMILES string of the molecule is CNC(=O)C1CCN(c2cncc(N)c2)CC1. The van der Waals surface area contributed by atoms with Crippen LogP contribution in [0, 0.1) is 5.92 Å². The number of carbonyl (C=O) groups is 1. The number of nitrogens with one attached hydrogen (secondary N) is 1. The first-order chi connectivity index (χ1) is 8.20. The summed E-state index contributed by atoms with van der Waals surface area (Å²) < 4.78 is 0. The summed E-state index contributed by atoms with van der Waals surface area (Å²) in [4.78, 5) is 17.8. The summed E-state index contributed by atoms with van der Waals surface area (Å²) in [6.45, 7) is 1.76. The highest BCUT2D eigenvalue weighted by Crippen LogP contribution is 2.23. The van der Waals surface area contributed by atoms with Crippen LogP contribution in [-0.2, 0) is 4.79 Å². The second kappa shape index (κ2) is 5.03. The van der Waals surface area contributed by atoms with Gasteiger partial charge in [0.25, 0.3) is 0 Å². The van der Waals surface area contributed by atoms with Crippen LogP contribution < -0.4 is 16.0 Å². The van der Waals surface area contributed by atoms with Gasteiger partial charge in [-0.1, -0.05) is 0 Å². The molecule has 2 rings (SSSR count). The molecular weight excluding hydrogens is 216 g/mol. The fourth-order valence-electron chi connectivity index (χ4n) is 2.22. The van der Waals surface area contributed by atoms with Gasteiger partial charge < -0.3 is 16.0 Å². The van der Waals surface area contributed by atoms with E-state index in [9.17, 15) is 4.79 Å². The second-order valence-electron chi connectivity index (χ2n) is 4.35. The van der Waals surface area contributed by atoms with Crippen molar-refractivity contribution in [3.63, 3.8) is 0 Å². The van der Waals surface area contributed by atoms with Crippen LogP contribution in [0.5, 0.6) is 0 Å². The monoisotopic (exact) mass is 234 g/mol. The Morgan fingerprint density at radius 2 is 2.18 bits per heavy atom. The van der Waals surface area contributed by atoms with E-state index < -0.39 is 0 Å². The fraction of sp³-hybridized carbons (Fsp3) is 0.500. The van der Waals surface area contributed by atoms with Gasteiger partial charge in [0.1, 0.15) is 0 Å². The second-order valence-corrected chi connectivity index (χ2v) is 4.35. The highest BCUT2D eigenvalue weighted by atomic mass is 16.1.